The van der Waals surface area contributed by atoms with Crippen LogP contribution in [0.5, 0.6) is 0 Å². The van der Waals surface area contributed by atoms with Gasteiger partial charge in [-0.15, -0.1) is 26.3 Å². The maximum Gasteiger partial charge on any atom is 0.107 e. The van der Waals surface area contributed by atoms with Gasteiger partial charge in [0.2, 0.25) is 0 Å². The van der Waals surface area contributed by atoms with Crippen LogP contribution < -0.4 is 0 Å². The van der Waals surface area contributed by atoms with Gasteiger partial charge < -0.3 is 25.2 Å². The Morgan fingerprint density at radius 2 is 0.913 bits per heavy atom. The Bertz CT molecular complexity index is 334. The molecule has 0 amide bonds. The third-order valence-electron chi connectivity index (χ3n) is 3.51. The highest BCUT2D eigenvalue weighted by atomic mass is 16.5. The van der Waals surface area contributed by atoms with E-state index < -0.39 is 36.6 Å². The highest BCUT2D eigenvalue weighted by molar-refractivity contribution is 4.91. The first-order chi connectivity index (χ1) is 10.9. The molecule has 4 N–H and O–H groups in total. The van der Waals surface area contributed by atoms with Gasteiger partial charge in [0.1, 0.15) is 12.2 Å². The third kappa shape index (κ3) is 7.72. The van der Waals surface area contributed by atoms with Crippen LogP contribution >= 0.6 is 0 Å². The highest BCUT2D eigenvalue weighted by Crippen LogP contribution is 2.20. The minimum Gasteiger partial charge on any atom is -0.390 e. The molecule has 23 heavy (non-hydrogen) atoms. The quantitative estimate of drug-likeness (QED) is 0.363. The molecule has 0 saturated heterocycles. The van der Waals surface area contributed by atoms with E-state index in [1.165, 1.54) is 12.2 Å². The lowest BCUT2D eigenvalue weighted by molar-refractivity contribution is -0.154. The van der Waals surface area contributed by atoms with Crippen molar-refractivity contribution in [1.82, 2.24) is 0 Å². The fourth-order valence-electron chi connectivity index (χ4n) is 2.22. The molecule has 0 aromatic carbocycles. The monoisotopic (exact) mass is 326 g/mol. The Balaban J connectivity index is 5.06. The first-order valence-corrected chi connectivity index (χ1v) is 7.74. The van der Waals surface area contributed by atoms with E-state index in [0.29, 0.717) is 0 Å². The van der Waals surface area contributed by atoms with E-state index in [9.17, 15) is 20.4 Å². The standard InChI is InChI=1S/C18H30O5/c1-5-9-13(19)17(21)15(11-7-3)23-16(12-8-4)18(22)14(20)10-6-2/h5-8,13-22H,1-4,9-12H2. The molecule has 0 spiro atoms. The SMILES string of the molecule is C=CCC(O)C(O)C(CC=C)OC(CC=C)C(O)C(O)CC=C. The van der Waals surface area contributed by atoms with Crippen LogP contribution in [-0.4, -0.2) is 57.0 Å². The minimum atomic E-state index is -1.16. The van der Waals surface area contributed by atoms with E-state index in [4.69, 9.17) is 4.74 Å². The van der Waals surface area contributed by atoms with E-state index in [0.717, 1.165) is 0 Å². The predicted molar refractivity (Wildman–Crippen MR) is 91.9 cm³/mol. The molecule has 6 atom stereocenters. The summed E-state index contributed by atoms with van der Waals surface area (Å²) in [4.78, 5) is 0. The Kier molecular flexibility index (Phi) is 11.6. The fourth-order valence-corrected chi connectivity index (χ4v) is 2.22. The van der Waals surface area contributed by atoms with Crippen LogP contribution in [0.3, 0.4) is 0 Å². The maximum atomic E-state index is 10.2. The molecule has 0 aliphatic carbocycles. The summed E-state index contributed by atoms with van der Waals surface area (Å²) in [5, 5.41) is 40.3. The van der Waals surface area contributed by atoms with Crippen molar-refractivity contribution in [3.05, 3.63) is 50.6 Å². The summed E-state index contributed by atoms with van der Waals surface area (Å²) in [5.74, 6) is 0. The number of aliphatic hydroxyl groups is 4. The smallest absolute Gasteiger partial charge is 0.107 e. The maximum absolute atomic E-state index is 10.2. The molecule has 0 radical (unpaired) electrons. The topological polar surface area (TPSA) is 90.2 Å². The lowest BCUT2D eigenvalue weighted by Gasteiger charge is -2.33. The van der Waals surface area contributed by atoms with Crippen molar-refractivity contribution in [1.29, 1.82) is 0 Å². The van der Waals surface area contributed by atoms with Crippen molar-refractivity contribution in [3.63, 3.8) is 0 Å². The molecule has 0 fully saturated rings. The second-order valence-corrected chi connectivity index (χ2v) is 5.43. The van der Waals surface area contributed by atoms with E-state index in [1.807, 2.05) is 0 Å². The number of ether oxygens (including phenoxy) is 1. The lowest BCUT2D eigenvalue weighted by Crippen LogP contribution is -2.46. The largest absolute Gasteiger partial charge is 0.390 e. The van der Waals surface area contributed by atoms with Crippen molar-refractivity contribution < 1.29 is 25.2 Å². The molecule has 6 unspecified atom stereocenters. The first-order valence-electron chi connectivity index (χ1n) is 7.74. The van der Waals surface area contributed by atoms with Crippen LogP contribution in [0.4, 0.5) is 0 Å². The fraction of sp³-hybridized carbons (Fsp3) is 0.556. The van der Waals surface area contributed by atoms with Crippen molar-refractivity contribution >= 4 is 0 Å². The minimum absolute atomic E-state index is 0.214. The lowest BCUT2D eigenvalue weighted by atomic mass is 9.99. The second kappa shape index (κ2) is 12.2. The van der Waals surface area contributed by atoms with Gasteiger partial charge in [-0.2, -0.15) is 0 Å². The molecule has 0 aromatic heterocycles. The summed E-state index contributed by atoms with van der Waals surface area (Å²) in [6, 6.07) is 0. The number of hydrogen-bond acceptors (Lipinski definition) is 5. The molecule has 0 aliphatic heterocycles. The number of aliphatic hydroxyl groups excluding tert-OH is 4. The second-order valence-electron chi connectivity index (χ2n) is 5.43. The van der Waals surface area contributed by atoms with Gasteiger partial charge >= 0.3 is 0 Å². The van der Waals surface area contributed by atoms with E-state index in [2.05, 4.69) is 26.3 Å². The zero-order valence-corrected chi connectivity index (χ0v) is 13.6. The van der Waals surface area contributed by atoms with E-state index in [-0.39, 0.29) is 25.7 Å². The zero-order valence-electron chi connectivity index (χ0n) is 13.6. The highest BCUT2D eigenvalue weighted by Gasteiger charge is 2.32. The van der Waals surface area contributed by atoms with Crippen molar-refractivity contribution in [2.45, 2.75) is 62.3 Å². The normalized spacial score (nSPS) is 19.0. The van der Waals surface area contributed by atoms with E-state index >= 15 is 0 Å². The van der Waals surface area contributed by atoms with Crippen molar-refractivity contribution in [3.8, 4) is 0 Å². The molecule has 0 saturated carbocycles. The van der Waals surface area contributed by atoms with Crippen molar-refractivity contribution in [2.75, 3.05) is 0 Å². The number of rotatable bonds is 14. The van der Waals surface area contributed by atoms with Crippen LogP contribution in [0.25, 0.3) is 0 Å². The van der Waals surface area contributed by atoms with Crippen LogP contribution in [0, 0.1) is 0 Å². The Hall–Kier alpha value is -1.24. The Labute approximate surface area is 138 Å². The molecule has 132 valence electrons. The van der Waals surface area contributed by atoms with Gasteiger partial charge in [-0.3, -0.25) is 0 Å². The Morgan fingerprint density at radius 1 is 0.609 bits per heavy atom. The molecule has 0 bridgehead atoms. The van der Waals surface area contributed by atoms with Gasteiger partial charge in [0, 0.05) is 0 Å². The summed E-state index contributed by atoms with van der Waals surface area (Å²) in [6.45, 7) is 14.3. The molecule has 0 heterocycles. The summed E-state index contributed by atoms with van der Waals surface area (Å²) in [5.41, 5.74) is 0. The molecule has 5 nitrogen and oxygen atoms in total. The van der Waals surface area contributed by atoms with Gasteiger partial charge in [-0.1, -0.05) is 24.3 Å². The van der Waals surface area contributed by atoms with Crippen LogP contribution in [-0.2, 0) is 4.74 Å². The van der Waals surface area contributed by atoms with Crippen LogP contribution in [0.1, 0.15) is 25.7 Å². The van der Waals surface area contributed by atoms with Crippen LogP contribution in [0.2, 0.25) is 0 Å². The zero-order chi connectivity index (χ0) is 17.8. The summed E-state index contributed by atoms with van der Waals surface area (Å²) in [6.07, 6.45) is 1.21. The predicted octanol–water partition coefficient (Wildman–Crippen LogP) is 1.49. The van der Waals surface area contributed by atoms with Gasteiger partial charge in [-0.25, -0.2) is 0 Å². The summed E-state index contributed by atoms with van der Waals surface area (Å²) in [7, 11) is 0. The first kappa shape index (κ1) is 21.8. The Morgan fingerprint density at radius 3 is 1.17 bits per heavy atom. The molecular formula is C18H30O5. The van der Waals surface area contributed by atoms with Gasteiger partial charge in [0.05, 0.1) is 24.4 Å². The molecule has 5 heteroatoms. The molecule has 0 aromatic rings. The van der Waals surface area contributed by atoms with E-state index in [1.54, 1.807) is 12.2 Å². The summed E-state index contributed by atoms with van der Waals surface area (Å²) < 4.78 is 5.76. The summed E-state index contributed by atoms with van der Waals surface area (Å²) >= 11 is 0. The van der Waals surface area contributed by atoms with Gasteiger partial charge in [0.15, 0.2) is 0 Å². The average molecular weight is 326 g/mol. The van der Waals surface area contributed by atoms with Crippen LogP contribution in [0.15, 0.2) is 50.6 Å². The van der Waals surface area contributed by atoms with Gasteiger partial charge in [0.25, 0.3) is 0 Å². The molecule has 0 aliphatic rings. The third-order valence-corrected chi connectivity index (χ3v) is 3.51. The van der Waals surface area contributed by atoms with Crippen molar-refractivity contribution in [2.24, 2.45) is 0 Å². The molecular weight excluding hydrogens is 296 g/mol. The van der Waals surface area contributed by atoms with Gasteiger partial charge in [-0.05, 0) is 25.7 Å². The number of hydrogen-bond donors (Lipinski definition) is 4. The molecule has 0 rings (SSSR count). The average Bonchev–Trinajstić information content (AvgIpc) is 2.52.